The molecule has 2 atom stereocenters. The van der Waals surface area contributed by atoms with Gasteiger partial charge in [0.25, 0.3) is 0 Å². The lowest BCUT2D eigenvalue weighted by Gasteiger charge is -2.17. The van der Waals surface area contributed by atoms with Gasteiger partial charge in [-0.1, -0.05) is 18.2 Å². The summed E-state index contributed by atoms with van der Waals surface area (Å²) in [6, 6.07) is 0.263. The molecule has 1 fully saturated rings. The molecule has 0 saturated carbocycles. The molecule has 1 heterocycles. The van der Waals surface area contributed by atoms with E-state index in [1.807, 2.05) is 6.08 Å². The van der Waals surface area contributed by atoms with Crippen LogP contribution >= 0.6 is 22.6 Å². The van der Waals surface area contributed by atoms with E-state index in [0.717, 1.165) is 0 Å². The fourth-order valence-corrected chi connectivity index (χ4v) is 2.33. The summed E-state index contributed by atoms with van der Waals surface area (Å²) < 4.78 is 1.29. The van der Waals surface area contributed by atoms with Crippen LogP contribution in [0.5, 0.6) is 0 Å². The number of nitrogens with one attached hydrogen (secondary N) is 1. The topological polar surface area (TPSA) is 29.1 Å². The first-order chi connectivity index (χ1) is 5.27. The first kappa shape index (κ1) is 7.34. The standard InChI is InChI=1S/C8H8INO/c9-6-2-1-3-7-5(6)4-8(11)10-7/h1-3,5,7H,4H2,(H,10,11). The molecule has 0 spiro atoms. The van der Waals surface area contributed by atoms with E-state index in [-0.39, 0.29) is 11.9 Å². The van der Waals surface area contributed by atoms with Gasteiger partial charge in [0.1, 0.15) is 0 Å². The Morgan fingerprint density at radius 2 is 2.45 bits per heavy atom. The molecule has 0 aromatic rings. The van der Waals surface area contributed by atoms with Gasteiger partial charge in [-0.25, -0.2) is 0 Å². The van der Waals surface area contributed by atoms with Crippen LogP contribution in [-0.4, -0.2) is 11.9 Å². The van der Waals surface area contributed by atoms with Gasteiger partial charge in [0, 0.05) is 12.3 Å². The molecule has 0 radical (unpaired) electrons. The molecule has 0 aromatic carbocycles. The minimum atomic E-state index is 0.175. The number of fused-ring (bicyclic) bond motifs is 1. The molecule has 2 nitrogen and oxygen atoms in total. The Balaban J connectivity index is 2.27. The summed E-state index contributed by atoms with van der Waals surface area (Å²) in [5.41, 5.74) is 0. The van der Waals surface area contributed by atoms with Crippen LogP contribution in [0.1, 0.15) is 6.42 Å². The average Bonchev–Trinajstić information content (AvgIpc) is 2.31. The number of carbonyl (C=O) groups excluding carboxylic acids is 1. The molecule has 0 aromatic heterocycles. The average molecular weight is 261 g/mol. The van der Waals surface area contributed by atoms with Crippen LogP contribution in [-0.2, 0) is 4.79 Å². The van der Waals surface area contributed by atoms with E-state index >= 15 is 0 Å². The third-order valence-electron chi connectivity index (χ3n) is 2.09. The highest BCUT2D eigenvalue weighted by molar-refractivity contribution is 14.1. The van der Waals surface area contributed by atoms with E-state index in [9.17, 15) is 4.79 Å². The highest BCUT2D eigenvalue weighted by Crippen LogP contribution is 2.32. The zero-order valence-electron chi connectivity index (χ0n) is 5.88. The maximum Gasteiger partial charge on any atom is 0.221 e. The lowest BCUT2D eigenvalue weighted by Crippen LogP contribution is -2.27. The second-order valence-electron chi connectivity index (χ2n) is 2.84. The molecule has 2 rings (SSSR count). The summed E-state index contributed by atoms with van der Waals surface area (Å²) in [6.07, 6.45) is 6.79. The van der Waals surface area contributed by atoms with Crippen molar-refractivity contribution < 1.29 is 4.79 Å². The summed E-state index contributed by atoms with van der Waals surface area (Å²) in [5, 5.41) is 2.91. The molecule has 3 heteroatoms. The van der Waals surface area contributed by atoms with Crippen molar-refractivity contribution in [2.45, 2.75) is 12.5 Å². The van der Waals surface area contributed by atoms with Gasteiger partial charge in [-0.05, 0) is 26.2 Å². The molecule has 1 amide bonds. The SMILES string of the molecule is O=C1CC2C(I)=CC=CC2N1. The quantitative estimate of drug-likeness (QED) is 0.656. The zero-order chi connectivity index (χ0) is 7.84. The first-order valence-electron chi connectivity index (χ1n) is 3.60. The van der Waals surface area contributed by atoms with Crippen LogP contribution in [0.3, 0.4) is 0 Å². The van der Waals surface area contributed by atoms with E-state index in [1.54, 1.807) is 0 Å². The smallest absolute Gasteiger partial charge is 0.221 e. The molecule has 2 unspecified atom stereocenters. The number of amides is 1. The minimum Gasteiger partial charge on any atom is -0.349 e. The van der Waals surface area contributed by atoms with Gasteiger partial charge in [0.2, 0.25) is 5.91 Å². The van der Waals surface area contributed by atoms with E-state index in [1.165, 1.54) is 3.58 Å². The Hall–Kier alpha value is -0.320. The van der Waals surface area contributed by atoms with Crippen molar-refractivity contribution in [3.05, 3.63) is 21.8 Å². The van der Waals surface area contributed by atoms with Crippen LogP contribution in [0.25, 0.3) is 0 Å². The van der Waals surface area contributed by atoms with Crippen LogP contribution in [0.2, 0.25) is 0 Å². The van der Waals surface area contributed by atoms with Gasteiger partial charge >= 0.3 is 0 Å². The van der Waals surface area contributed by atoms with Gasteiger partial charge < -0.3 is 5.32 Å². The van der Waals surface area contributed by atoms with Gasteiger partial charge in [-0.3, -0.25) is 4.79 Å². The highest BCUT2D eigenvalue weighted by atomic mass is 127. The molecular formula is C8H8INO. The number of halogens is 1. The summed E-state index contributed by atoms with van der Waals surface area (Å²) in [7, 11) is 0. The van der Waals surface area contributed by atoms with Gasteiger partial charge in [-0.2, -0.15) is 0 Å². The molecule has 1 N–H and O–H groups in total. The van der Waals surface area contributed by atoms with E-state index in [0.29, 0.717) is 12.3 Å². The summed E-state index contributed by atoms with van der Waals surface area (Å²) >= 11 is 2.30. The fourth-order valence-electron chi connectivity index (χ4n) is 1.51. The van der Waals surface area contributed by atoms with Gasteiger partial charge in [0.05, 0.1) is 6.04 Å². The van der Waals surface area contributed by atoms with Crippen molar-refractivity contribution >= 4 is 28.5 Å². The van der Waals surface area contributed by atoms with Crippen molar-refractivity contribution in [3.8, 4) is 0 Å². The predicted octanol–water partition coefficient (Wildman–Crippen LogP) is 1.38. The fraction of sp³-hybridized carbons (Fsp3) is 0.375. The normalized spacial score (nSPS) is 34.6. The minimum absolute atomic E-state index is 0.175. The van der Waals surface area contributed by atoms with Crippen molar-refractivity contribution in [2.24, 2.45) is 5.92 Å². The summed E-state index contributed by atoms with van der Waals surface area (Å²) in [4.78, 5) is 11.0. The van der Waals surface area contributed by atoms with Crippen LogP contribution in [0, 0.1) is 5.92 Å². The number of carbonyl (C=O) groups is 1. The van der Waals surface area contributed by atoms with Crippen molar-refractivity contribution in [1.29, 1.82) is 0 Å². The highest BCUT2D eigenvalue weighted by Gasteiger charge is 2.33. The maximum atomic E-state index is 11.0. The largest absolute Gasteiger partial charge is 0.349 e. The second kappa shape index (κ2) is 2.62. The third kappa shape index (κ3) is 1.21. The zero-order valence-corrected chi connectivity index (χ0v) is 8.04. The molecule has 1 aliphatic carbocycles. The van der Waals surface area contributed by atoms with Gasteiger partial charge in [-0.15, -0.1) is 0 Å². The Kier molecular flexibility index (Phi) is 1.75. The Morgan fingerprint density at radius 1 is 1.64 bits per heavy atom. The molecule has 11 heavy (non-hydrogen) atoms. The monoisotopic (exact) mass is 261 g/mol. The predicted molar refractivity (Wildman–Crippen MR) is 51.3 cm³/mol. The lowest BCUT2D eigenvalue weighted by molar-refractivity contribution is -0.119. The number of rotatable bonds is 0. The van der Waals surface area contributed by atoms with E-state index < -0.39 is 0 Å². The van der Waals surface area contributed by atoms with E-state index in [2.05, 4.69) is 40.1 Å². The molecule has 2 aliphatic rings. The Labute approximate surface area is 78.9 Å². The molecule has 1 saturated heterocycles. The Morgan fingerprint density at radius 3 is 3.18 bits per heavy atom. The summed E-state index contributed by atoms with van der Waals surface area (Å²) in [5.74, 6) is 0.585. The number of hydrogen-bond donors (Lipinski definition) is 1. The maximum absolute atomic E-state index is 11.0. The van der Waals surface area contributed by atoms with Crippen LogP contribution < -0.4 is 5.32 Å². The molecule has 58 valence electrons. The lowest BCUT2D eigenvalue weighted by atomic mass is 9.96. The number of hydrogen-bond acceptors (Lipinski definition) is 1. The summed E-state index contributed by atoms with van der Waals surface area (Å²) in [6.45, 7) is 0. The number of allylic oxidation sites excluding steroid dienone is 2. The van der Waals surface area contributed by atoms with Crippen LogP contribution in [0.4, 0.5) is 0 Å². The molecular weight excluding hydrogens is 253 g/mol. The Bertz CT molecular complexity index is 257. The third-order valence-corrected chi connectivity index (χ3v) is 3.25. The van der Waals surface area contributed by atoms with Crippen molar-refractivity contribution in [2.75, 3.05) is 0 Å². The van der Waals surface area contributed by atoms with Gasteiger partial charge in [0.15, 0.2) is 0 Å². The molecule has 1 aliphatic heterocycles. The van der Waals surface area contributed by atoms with Crippen molar-refractivity contribution in [1.82, 2.24) is 5.32 Å². The van der Waals surface area contributed by atoms with E-state index in [4.69, 9.17) is 0 Å². The van der Waals surface area contributed by atoms with Crippen molar-refractivity contribution in [3.63, 3.8) is 0 Å². The first-order valence-corrected chi connectivity index (χ1v) is 4.68. The van der Waals surface area contributed by atoms with Crippen LogP contribution in [0.15, 0.2) is 21.8 Å². The second-order valence-corrected chi connectivity index (χ2v) is 4.09. The molecule has 0 bridgehead atoms.